The second kappa shape index (κ2) is 7.31. The van der Waals surface area contributed by atoms with Crippen LogP contribution in [-0.4, -0.2) is 40.2 Å². The average Bonchev–Trinajstić information content (AvgIpc) is 2.57. The number of nitrogens with one attached hydrogen (secondary N) is 1. The summed E-state index contributed by atoms with van der Waals surface area (Å²) in [6.07, 6.45) is 7.30. The van der Waals surface area contributed by atoms with Crippen LogP contribution >= 0.6 is 0 Å². The number of hydrogen-bond acceptors (Lipinski definition) is 5. The van der Waals surface area contributed by atoms with E-state index >= 15 is 0 Å². The molecule has 5 heteroatoms. The first kappa shape index (κ1) is 14.9. The number of nitrogens with zero attached hydrogens (tertiary/aromatic N) is 4. The lowest BCUT2D eigenvalue weighted by Crippen LogP contribution is -2.35. The van der Waals surface area contributed by atoms with Gasteiger partial charge >= 0.3 is 0 Å². The first-order chi connectivity index (χ1) is 10.8. The van der Waals surface area contributed by atoms with Gasteiger partial charge in [0.25, 0.3) is 0 Å². The Morgan fingerprint density at radius 1 is 1.18 bits per heavy atom. The predicted molar refractivity (Wildman–Crippen MR) is 87.5 cm³/mol. The first-order valence-electron chi connectivity index (χ1n) is 7.95. The number of pyridine rings is 1. The largest absolute Gasteiger partial charge is 0.372 e. The van der Waals surface area contributed by atoms with Crippen LogP contribution in [0.25, 0.3) is 0 Å². The number of hydrogen-bond donors (Lipinski definition) is 1. The number of rotatable bonds is 5. The molecule has 3 rings (SSSR count). The van der Waals surface area contributed by atoms with E-state index in [0.717, 1.165) is 31.0 Å². The van der Waals surface area contributed by atoms with Gasteiger partial charge in [-0.1, -0.05) is 0 Å². The maximum absolute atomic E-state index is 4.31. The highest BCUT2D eigenvalue weighted by Gasteiger charge is 2.20. The summed E-state index contributed by atoms with van der Waals surface area (Å²) in [5.41, 5.74) is 2.43. The Hall–Kier alpha value is -2.01. The molecule has 1 saturated heterocycles. The molecule has 1 N–H and O–H groups in total. The van der Waals surface area contributed by atoms with Crippen molar-refractivity contribution in [1.82, 2.24) is 20.1 Å². The van der Waals surface area contributed by atoms with Crippen molar-refractivity contribution >= 4 is 5.82 Å². The zero-order chi connectivity index (χ0) is 15.2. The fourth-order valence-electron chi connectivity index (χ4n) is 3.11. The van der Waals surface area contributed by atoms with E-state index in [9.17, 15) is 0 Å². The van der Waals surface area contributed by atoms with Crippen molar-refractivity contribution in [3.8, 4) is 0 Å². The molecule has 1 aliphatic rings. The van der Waals surface area contributed by atoms with E-state index in [-0.39, 0.29) is 0 Å². The van der Waals surface area contributed by atoms with Crippen LogP contribution in [0, 0.1) is 5.92 Å². The maximum Gasteiger partial charge on any atom is 0.148 e. The fourth-order valence-corrected chi connectivity index (χ4v) is 3.11. The Kier molecular flexibility index (Phi) is 4.96. The van der Waals surface area contributed by atoms with Crippen molar-refractivity contribution in [3.05, 3.63) is 47.9 Å². The van der Waals surface area contributed by atoms with Crippen LogP contribution in [0.5, 0.6) is 0 Å². The molecule has 0 saturated carbocycles. The lowest BCUT2D eigenvalue weighted by atomic mass is 9.93. The van der Waals surface area contributed by atoms with Crippen LogP contribution in [-0.2, 0) is 13.0 Å². The minimum Gasteiger partial charge on any atom is -0.372 e. The predicted octanol–water partition coefficient (Wildman–Crippen LogP) is 2.37. The molecule has 0 amide bonds. The Labute approximate surface area is 131 Å². The first-order valence-corrected chi connectivity index (χ1v) is 7.95. The van der Waals surface area contributed by atoms with Gasteiger partial charge in [-0.3, -0.25) is 9.88 Å². The van der Waals surface area contributed by atoms with Gasteiger partial charge in [-0.15, -0.1) is 5.10 Å². The summed E-state index contributed by atoms with van der Waals surface area (Å²) >= 11 is 0. The van der Waals surface area contributed by atoms with Gasteiger partial charge in [0.2, 0.25) is 0 Å². The SMILES string of the molecule is CNc1ccc(C[C@H]2CCCN(Cc3ccncc3)C2)nn1. The lowest BCUT2D eigenvalue weighted by Gasteiger charge is -2.32. The Balaban J connectivity index is 1.55. The summed E-state index contributed by atoms with van der Waals surface area (Å²) in [4.78, 5) is 6.63. The molecule has 0 aliphatic carbocycles. The van der Waals surface area contributed by atoms with Crippen LogP contribution in [0.3, 0.4) is 0 Å². The monoisotopic (exact) mass is 297 g/mol. The van der Waals surface area contributed by atoms with Gasteiger partial charge in [-0.25, -0.2) is 0 Å². The van der Waals surface area contributed by atoms with Crippen molar-refractivity contribution < 1.29 is 0 Å². The summed E-state index contributed by atoms with van der Waals surface area (Å²) in [7, 11) is 1.86. The van der Waals surface area contributed by atoms with E-state index in [1.165, 1.54) is 24.9 Å². The molecule has 0 bridgehead atoms. The zero-order valence-corrected chi connectivity index (χ0v) is 13.1. The molecule has 0 unspecified atom stereocenters. The Bertz CT molecular complexity index is 569. The normalized spacial score (nSPS) is 19.0. The standard InChI is InChI=1S/C17H23N5/c1-18-17-5-4-16(20-21-17)11-15-3-2-10-22(13-15)12-14-6-8-19-9-7-14/h4-9,15H,2-3,10-13H2,1H3,(H,18,21)/t15-/m1/s1. The van der Waals surface area contributed by atoms with E-state index in [4.69, 9.17) is 0 Å². The molecule has 3 heterocycles. The lowest BCUT2D eigenvalue weighted by molar-refractivity contribution is 0.166. The highest BCUT2D eigenvalue weighted by atomic mass is 15.2. The van der Waals surface area contributed by atoms with Gasteiger partial charge in [-0.05, 0) is 61.6 Å². The molecular formula is C17H23N5. The van der Waals surface area contributed by atoms with Crippen molar-refractivity contribution in [2.75, 3.05) is 25.5 Å². The molecule has 22 heavy (non-hydrogen) atoms. The van der Waals surface area contributed by atoms with Crippen molar-refractivity contribution in [2.24, 2.45) is 5.92 Å². The minimum absolute atomic E-state index is 0.672. The summed E-state index contributed by atoms with van der Waals surface area (Å²) in [6, 6.07) is 8.29. The highest BCUT2D eigenvalue weighted by Crippen LogP contribution is 2.21. The number of anilines is 1. The molecule has 0 radical (unpaired) electrons. The molecule has 1 atom stereocenters. The third-order valence-electron chi connectivity index (χ3n) is 4.23. The van der Waals surface area contributed by atoms with Crippen LogP contribution in [0.1, 0.15) is 24.1 Å². The number of aromatic nitrogens is 3. The number of piperidine rings is 1. The summed E-state index contributed by atoms with van der Waals surface area (Å²) in [5.74, 6) is 1.50. The summed E-state index contributed by atoms with van der Waals surface area (Å²) in [5, 5.41) is 11.5. The van der Waals surface area contributed by atoms with Crippen LogP contribution in [0.4, 0.5) is 5.82 Å². The van der Waals surface area contributed by atoms with Gasteiger partial charge < -0.3 is 5.32 Å². The number of likely N-dealkylation sites (tertiary alicyclic amines) is 1. The average molecular weight is 297 g/mol. The molecule has 1 fully saturated rings. The second-order valence-corrected chi connectivity index (χ2v) is 5.96. The van der Waals surface area contributed by atoms with Gasteiger partial charge in [0.05, 0.1) is 5.69 Å². The van der Waals surface area contributed by atoms with E-state index < -0.39 is 0 Å². The molecule has 116 valence electrons. The second-order valence-electron chi connectivity index (χ2n) is 5.96. The van der Waals surface area contributed by atoms with E-state index in [1.807, 2.05) is 25.5 Å². The third-order valence-corrected chi connectivity index (χ3v) is 4.23. The van der Waals surface area contributed by atoms with E-state index in [0.29, 0.717) is 5.92 Å². The Morgan fingerprint density at radius 2 is 2.05 bits per heavy atom. The highest BCUT2D eigenvalue weighted by molar-refractivity contribution is 5.31. The van der Waals surface area contributed by atoms with Crippen LogP contribution in [0.15, 0.2) is 36.7 Å². The molecule has 2 aromatic heterocycles. The quantitative estimate of drug-likeness (QED) is 0.918. The van der Waals surface area contributed by atoms with Crippen molar-refractivity contribution in [2.45, 2.75) is 25.8 Å². The van der Waals surface area contributed by atoms with E-state index in [2.05, 4.69) is 43.6 Å². The molecule has 1 aliphatic heterocycles. The van der Waals surface area contributed by atoms with Crippen molar-refractivity contribution in [1.29, 1.82) is 0 Å². The third kappa shape index (κ3) is 4.01. The molecule has 2 aromatic rings. The minimum atomic E-state index is 0.672. The van der Waals surface area contributed by atoms with Crippen LogP contribution < -0.4 is 5.32 Å². The summed E-state index contributed by atoms with van der Waals surface area (Å²) < 4.78 is 0. The topological polar surface area (TPSA) is 53.9 Å². The molecule has 0 aromatic carbocycles. The van der Waals surface area contributed by atoms with E-state index in [1.54, 1.807) is 0 Å². The zero-order valence-electron chi connectivity index (χ0n) is 13.1. The molecule has 5 nitrogen and oxygen atoms in total. The Morgan fingerprint density at radius 3 is 2.77 bits per heavy atom. The fraction of sp³-hybridized carbons (Fsp3) is 0.471. The van der Waals surface area contributed by atoms with Gasteiger partial charge in [0.15, 0.2) is 0 Å². The van der Waals surface area contributed by atoms with Gasteiger partial charge in [-0.2, -0.15) is 5.10 Å². The van der Waals surface area contributed by atoms with Gasteiger partial charge in [0.1, 0.15) is 5.82 Å². The van der Waals surface area contributed by atoms with Crippen LogP contribution in [0.2, 0.25) is 0 Å². The van der Waals surface area contributed by atoms with Gasteiger partial charge in [0, 0.05) is 32.5 Å². The smallest absolute Gasteiger partial charge is 0.148 e. The summed E-state index contributed by atoms with van der Waals surface area (Å²) in [6.45, 7) is 3.34. The molecular weight excluding hydrogens is 274 g/mol. The van der Waals surface area contributed by atoms with Crippen molar-refractivity contribution in [3.63, 3.8) is 0 Å². The molecule has 0 spiro atoms. The maximum atomic E-state index is 4.31.